The summed E-state index contributed by atoms with van der Waals surface area (Å²) in [5.74, 6) is -1.87. The lowest BCUT2D eigenvalue weighted by Gasteiger charge is -2.14. The fourth-order valence-corrected chi connectivity index (χ4v) is 3.96. The van der Waals surface area contributed by atoms with Crippen molar-refractivity contribution < 1.29 is 30.8 Å². The molecule has 12 heteroatoms. The predicted octanol–water partition coefficient (Wildman–Crippen LogP) is 1.85. The molecule has 1 aliphatic heterocycles. The standard InChI is InChI=1S/C17H18F4N4O3S/c1-29(27,28)25-5-4-12(8-25)23-16(26)15-9-24(10-22-15)7-11-2-3-14(18)13(6-11)17(19,20)21/h2-3,6,9-10,12H,4-5,7-8H2,1H3,(H,23,26). The third-order valence-corrected chi connectivity index (χ3v) is 5.79. The monoisotopic (exact) mass is 434 g/mol. The van der Waals surface area contributed by atoms with Gasteiger partial charge < -0.3 is 9.88 Å². The van der Waals surface area contributed by atoms with Gasteiger partial charge in [-0.15, -0.1) is 0 Å². The van der Waals surface area contributed by atoms with Gasteiger partial charge in [-0.05, 0) is 24.1 Å². The molecule has 0 radical (unpaired) electrons. The number of rotatable bonds is 5. The summed E-state index contributed by atoms with van der Waals surface area (Å²) < 4.78 is 77.5. The van der Waals surface area contributed by atoms with Crippen LogP contribution >= 0.6 is 0 Å². The summed E-state index contributed by atoms with van der Waals surface area (Å²) in [6.07, 6.45) is -0.604. The van der Waals surface area contributed by atoms with E-state index in [0.717, 1.165) is 12.3 Å². The zero-order valence-electron chi connectivity index (χ0n) is 15.3. The van der Waals surface area contributed by atoms with Gasteiger partial charge in [-0.2, -0.15) is 13.2 Å². The van der Waals surface area contributed by atoms with E-state index in [2.05, 4.69) is 10.3 Å². The summed E-state index contributed by atoms with van der Waals surface area (Å²) in [6, 6.07) is 2.33. The molecule has 1 aliphatic rings. The summed E-state index contributed by atoms with van der Waals surface area (Å²) in [5.41, 5.74) is -1.12. The number of halogens is 4. The van der Waals surface area contributed by atoms with Gasteiger partial charge in [-0.3, -0.25) is 4.79 Å². The SMILES string of the molecule is CS(=O)(=O)N1CCC(NC(=O)c2cn(Cc3ccc(F)c(C(F)(F)F)c3)cn2)C1. The van der Waals surface area contributed by atoms with E-state index in [1.165, 1.54) is 27.5 Å². The van der Waals surface area contributed by atoms with Crippen molar-refractivity contribution in [3.8, 4) is 0 Å². The van der Waals surface area contributed by atoms with Crippen LogP contribution in [0.4, 0.5) is 17.6 Å². The van der Waals surface area contributed by atoms with Crippen LogP contribution in [-0.2, 0) is 22.7 Å². The smallest absolute Gasteiger partial charge is 0.347 e. The first kappa shape index (κ1) is 21.2. The zero-order chi connectivity index (χ0) is 21.4. The maximum absolute atomic E-state index is 13.4. The lowest BCUT2D eigenvalue weighted by Crippen LogP contribution is -2.38. The topological polar surface area (TPSA) is 84.3 Å². The number of carbonyl (C=O) groups excluding carboxylic acids is 1. The van der Waals surface area contributed by atoms with E-state index in [1.807, 2.05) is 0 Å². The molecule has 0 aliphatic carbocycles. The molecule has 7 nitrogen and oxygen atoms in total. The molecule has 1 saturated heterocycles. The Kier molecular flexibility index (Phi) is 5.68. The third-order valence-electron chi connectivity index (χ3n) is 4.52. The number of hydrogen-bond acceptors (Lipinski definition) is 4. The number of amides is 1. The Bertz CT molecular complexity index is 1020. The number of nitrogens with zero attached hydrogens (tertiary/aromatic N) is 3. The van der Waals surface area contributed by atoms with Crippen molar-refractivity contribution in [2.75, 3.05) is 19.3 Å². The van der Waals surface area contributed by atoms with E-state index in [1.54, 1.807) is 0 Å². The number of hydrogen-bond donors (Lipinski definition) is 1. The summed E-state index contributed by atoms with van der Waals surface area (Å²) in [6.45, 7) is 0.445. The van der Waals surface area contributed by atoms with E-state index in [0.29, 0.717) is 19.0 Å². The predicted molar refractivity (Wildman–Crippen MR) is 95.0 cm³/mol. The molecular weight excluding hydrogens is 416 g/mol. The highest BCUT2D eigenvalue weighted by molar-refractivity contribution is 7.88. The lowest BCUT2D eigenvalue weighted by atomic mass is 10.1. The van der Waals surface area contributed by atoms with Gasteiger partial charge in [0.2, 0.25) is 10.0 Å². The van der Waals surface area contributed by atoms with Crippen molar-refractivity contribution in [1.29, 1.82) is 0 Å². The third kappa shape index (κ3) is 5.12. The molecule has 29 heavy (non-hydrogen) atoms. The van der Waals surface area contributed by atoms with Gasteiger partial charge in [0.15, 0.2) is 0 Å². The van der Waals surface area contributed by atoms with Crippen molar-refractivity contribution in [3.63, 3.8) is 0 Å². The average molecular weight is 434 g/mol. The fraction of sp³-hybridized carbons (Fsp3) is 0.412. The zero-order valence-corrected chi connectivity index (χ0v) is 16.1. The van der Waals surface area contributed by atoms with Gasteiger partial charge in [0.25, 0.3) is 5.91 Å². The maximum atomic E-state index is 13.4. The second kappa shape index (κ2) is 7.75. The van der Waals surface area contributed by atoms with Crippen LogP contribution in [0.2, 0.25) is 0 Å². The highest BCUT2D eigenvalue weighted by Crippen LogP contribution is 2.32. The first-order chi connectivity index (χ1) is 13.4. The second-order valence-corrected chi connectivity index (χ2v) is 8.81. The molecule has 158 valence electrons. The van der Waals surface area contributed by atoms with Crippen molar-refractivity contribution in [2.45, 2.75) is 25.2 Å². The Hall–Kier alpha value is -2.47. The van der Waals surface area contributed by atoms with Crippen molar-refractivity contribution in [3.05, 3.63) is 53.4 Å². The van der Waals surface area contributed by atoms with Crippen LogP contribution in [0.15, 0.2) is 30.7 Å². The second-order valence-electron chi connectivity index (χ2n) is 6.82. The Morgan fingerprint density at radius 3 is 2.69 bits per heavy atom. The normalized spacial score (nSPS) is 18.2. The lowest BCUT2D eigenvalue weighted by molar-refractivity contribution is -0.140. The number of carbonyl (C=O) groups is 1. The molecule has 2 aromatic rings. The van der Waals surface area contributed by atoms with Gasteiger partial charge in [0.1, 0.15) is 11.5 Å². The largest absolute Gasteiger partial charge is 0.419 e. The van der Waals surface area contributed by atoms with Gasteiger partial charge in [0.05, 0.1) is 18.1 Å². The van der Waals surface area contributed by atoms with Crippen LogP contribution in [-0.4, -0.2) is 53.6 Å². The molecule has 1 amide bonds. The Balaban J connectivity index is 1.65. The Labute approximate surface area is 164 Å². The number of sulfonamides is 1. The van der Waals surface area contributed by atoms with Crippen LogP contribution < -0.4 is 5.32 Å². The minimum atomic E-state index is -4.80. The highest BCUT2D eigenvalue weighted by atomic mass is 32.2. The van der Waals surface area contributed by atoms with Gasteiger partial charge in [-0.1, -0.05) is 6.07 Å². The van der Waals surface area contributed by atoms with Crippen LogP contribution in [0, 0.1) is 5.82 Å². The molecule has 1 fully saturated rings. The number of benzene rings is 1. The maximum Gasteiger partial charge on any atom is 0.419 e. The molecule has 1 atom stereocenters. The van der Waals surface area contributed by atoms with Crippen LogP contribution in [0.3, 0.4) is 0 Å². The molecule has 0 spiro atoms. The van der Waals surface area contributed by atoms with E-state index in [9.17, 15) is 30.8 Å². The van der Waals surface area contributed by atoms with E-state index >= 15 is 0 Å². The van der Waals surface area contributed by atoms with Crippen LogP contribution in [0.5, 0.6) is 0 Å². The van der Waals surface area contributed by atoms with Gasteiger partial charge >= 0.3 is 6.18 Å². The molecule has 1 aromatic heterocycles. The van der Waals surface area contributed by atoms with Crippen molar-refractivity contribution in [1.82, 2.24) is 19.2 Å². The number of aromatic nitrogens is 2. The first-order valence-corrected chi connectivity index (χ1v) is 10.4. The Morgan fingerprint density at radius 1 is 1.34 bits per heavy atom. The molecule has 1 aromatic carbocycles. The molecule has 0 bridgehead atoms. The van der Waals surface area contributed by atoms with Crippen molar-refractivity contribution in [2.24, 2.45) is 0 Å². The van der Waals surface area contributed by atoms with E-state index in [4.69, 9.17) is 0 Å². The molecule has 2 heterocycles. The molecular formula is C17H18F4N4O3S. The molecule has 0 saturated carbocycles. The summed E-state index contributed by atoms with van der Waals surface area (Å²) in [5, 5.41) is 2.69. The highest BCUT2D eigenvalue weighted by Gasteiger charge is 2.34. The van der Waals surface area contributed by atoms with Crippen molar-refractivity contribution >= 4 is 15.9 Å². The quantitative estimate of drug-likeness (QED) is 0.728. The first-order valence-electron chi connectivity index (χ1n) is 8.57. The minimum absolute atomic E-state index is 0.0328. The Morgan fingerprint density at radius 2 is 2.07 bits per heavy atom. The van der Waals surface area contributed by atoms with Crippen LogP contribution in [0.25, 0.3) is 0 Å². The summed E-state index contributed by atoms with van der Waals surface area (Å²) >= 11 is 0. The van der Waals surface area contributed by atoms with Gasteiger partial charge in [0, 0.05) is 31.9 Å². The molecule has 1 unspecified atom stereocenters. The molecule has 1 N–H and O–H groups in total. The minimum Gasteiger partial charge on any atom is -0.347 e. The summed E-state index contributed by atoms with van der Waals surface area (Å²) in [4.78, 5) is 16.2. The number of imidazole rings is 1. The molecule has 3 rings (SSSR count). The van der Waals surface area contributed by atoms with Gasteiger partial charge in [-0.25, -0.2) is 22.1 Å². The van der Waals surface area contributed by atoms with E-state index < -0.39 is 33.5 Å². The number of nitrogens with one attached hydrogen (secondary N) is 1. The average Bonchev–Trinajstić information content (AvgIpc) is 3.25. The van der Waals surface area contributed by atoms with E-state index in [-0.39, 0.29) is 30.4 Å². The van der Waals surface area contributed by atoms with Crippen LogP contribution in [0.1, 0.15) is 28.0 Å². The number of alkyl halides is 3. The fourth-order valence-electron chi connectivity index (χ4n) is 3.07. The summed E-state index contributed by atoms with van der Waals surface area (Å²) in [7, 11) is -3.33.